The lowest BCUT2D eigenvalue weighted by Gasteiger charge is -2.25. The molecule has 1 aromatic heterocycles. The van der Waals surface area contributed by atoms with Crippen molar-refractivity contribution in [3.05, 3.63) is 82.7 Å². The topological polar surface area (TPSA) is 307 Å². The number of hydrogen-bond acceptors (Lipinski definition) is 14. The number of hydrogen-bond donors (Lipinski definition) is 6. The molecule has 1 aliphatic rings. The van der Waals surface area contributed by atoms with Gasteiger partial charge in [-0.1, -0.05) is 26.0 Å². The number of carbonyl (C=O) groups is 9. The molecule has 0 aliphatic carbocycles. The van der Waals surface area contributed by atoms with Crippen molar-refractivity contribution in [2.75, 3.05) is 65.3 Å². The highest BCUT2D eigenvalue weighted by atomic mass is 16.6. The van der Waals surface area contributed by atoms with E-state index < -0.39 is 65.5 Å². The van der Waals surface area contributed by atoms with Crippen molar-refractivity contribution in [3.8, 4) is 5.75 Å². The molecule has 0 radical (unpaired) electrons. The summed E-state index contributed by atoms with van der Waals surface area (Å²) in [7, 11) is 3.00. The van der Waals surface area contributed by atoms with Gasteiger partial charge in [0.2, 0.25) is 23.6 Å². The van der Waals surface area contributed by atoms with Gasteiger partial charge < -0.3 is 60.7 Å². The van der Waals surface area contributed by atoms with Crippen LogP contribution in [-0.2, 0) is 44.8 Å². The van der Waals surface area contributed by atoms with E-state index >= 15 is 0 Å². The molecule has 70 heavy (non-hydrogen) atoms. The van der Waals surface area contributed by atoms with Gasteiger partial charge in [0, 0.05) is 102 Å². The lowest BCUT2D eigenvalue weighted by Crippen LogP contribution is -2.54. The van der Waals surface area contributed by atoms with Gasteiger partial charge in [0.25, 0.3) is 11.8 Å². The van der Waals surface area contributed by atoms with Gasteiger partial charge >= 0.3 is 23.8 Å². The molecule has 3 aromatic rings. The molecule has 2 aromatic carbocycles. The second-order valence-electron chi connectivity index (χ2n) is 16.5. The largest absolute Gasteiger partial charge is 0.445 e. The highest BCUT2D eigenvalue weighted by molar-refractivity contribution is 6.12. The zero-order chi connectivity index (χ0) is 51.2. The second-order valence-corrected chi connectivity index (χ2v) is 16.5. The number of nitrogens with two attached hydrogens (primary N) is 1. The van der Waals surface area contributed by atoms with Crippen LogP contribution in [0.25, 0.3) is 11.0 Å². The SMILES string of the molecule is CC(C)C(NC(=O)CCCOCCNC(=O)CCCN1C(=O)C=CC1=O)C(=O)N[C@@H](CCCNC(N)=O)C(=O)Nc1ccc(COC(=O)N(C)CCN(C)C(=O)Oc2ccc3ccc(=O)oc3c2)cc1. The lowest BCUT2D eigenvalue weighted by atomic mass is 10.0. The standard InChI is InChI=1S/C47H61N9O14/c1-30(2)42(53-38(58)10-7-26-67-27-22-49-37(57)9-6-23-56-39(59)18-19-40(56)60)44(63)52-35(8-5-21-50-45(48)64)43(62)51-33-15-11-31(12-16-33)29-68-46(65)54(3)24-25-55(4)47(66)69-34-17-13-32-14-20-41(61)70-36(32)28-34/h11-20,28,30,35,42H,5-10,21-27,29H2,1-4H3,(H,49,57)(H,51,62)(H,52,63)(H,53,58)(H3,48,50,64)/t35-,42?/m0/s1. The molecule has 1 aliphatic heterocycles. The second kappa shape index (κ2) is 27.9. The van der Waals surface area contributed by atoms with Gasteiger partial charge in [-0.3, -0.25) is 33.7 Å². The number of anilines is 1. The van der Waals surface area contributed by atoms with E-state index in [1.807, 2.05) is 0 Å². The van der Waals surface area contributed by atoms with E-state index in [2.05, 4.69) is 26.6 Å². The molecule has 7 N–H and O–H groups in total. The Morgan fingerprint density at radius 3 is 2.10 bits per heavy atom. The van der Waals surface area contributed by atoms with Crippen LogP contribution in [0.1, 0.15) is 57.9 Å². The zero-order valence-electron chi connectivity index (χ0n) is 39.6. The first-order valence-corrected chi connectivity index (χ1v) is 22.7. The van der Waals surface area contributed by atoms with E-state index in [1.54, 1.807) is 56.3 Å². The molecule has 4 rings (SSSR count). The summed E-state index contributed by atoms with van der Waals surface area (Å²) >= 11 is 0. The number of likely N-dealkylation sites (N-methyl/N-ethyl adjacent to an activating group) is 2. The van der Waals surface area contributed by atoms with Crippen LogP contribution in [0.3, 0.4) is 0 Å². The van der Waals surface area contributed by atoms with Gasteiger partial charge in [-0.05, 0) is 67.5 Å². The Balaban J connectivity index is 1.17. The first-order valence-electron chi connectivity index (χ1n) is 22.7. The lowest BCUT2D eigenvalue weighted by molar-refractivity contribution is -0.137. The third kappa shape index (κ3) is 18.7. The summed E-state index contributed by atoms with van der Waals surface area (Å²) in [5.74, 6) is -2.82. The van der Waals surface area contributed by atoms with Crippen molar-refractivity contribution < 1.29 is 61.8 Å². The molecule has 0 saturated carbocycles. The molecule has 23 nitrogen and oxygen atoms in total. The van der Waals surface area contributed by atoms with Crippen molar-refractivity contribution in [2.24, 2.45) is 11.7 Å². The van der Waals surface area contributed by atoms with E-state index in [4.69, 9.17) is 24.4 Å². The molecule has 2 atom stereocenters. The van der Waals surface area contributed by atoms with Crippen LogP contribution in [0.15, 0.2) is 76.0 Å². The highest BCUT2D eigenvalue weighted by Gasteiger charge is 2.29. The van der Waals surface area contributed by atoms with Crippen LogP contribution in [0, 0.1) is 5.92 Å². The Kier molecular flexibility index (Phi) is 21.8. The van der Waals surface area contributed by atoms with E-state index in [1.165, 1.54) is 48.2 Å². The molecular formula is C47H61N9O14. The molecule has 378 valence electrons. The first kappa shape index (κ1) is 54.8. The van der Waals surface area contributed by atoms with E-state index in [9.17, 15) is 47.9 Å². The van der Waals surface area contributed by atoms with Gasteiger partial charge in [0.1, 0.15) is 30.0 Å². The third-order valence-electron chi connectivity index (χ3n) is 10.6. The normalized spacial score (nSPS) is 12.8. The number of primary amides is 1. The molecule has 0 fully saturated rings. The number of ether oxygens (including phenoxy) is 3. The van der Waals surface area contributed by atoms with Gasteiger partial charge in [-0.25, -0.2) is 19.2 Å². The number of benzene rings is 2. The van der Waals surface area contributed by atoms with Gasteiger partial charge in [0.05, 0.1) is 6.61 Å². The Morgan fingerprint density at radius 2 is 1.41 bits per heavy atom. The van der Waals surface area contributed by atoms with Crippen LogP contribution in [-0.4, -0.2) is 140 Å². The fourth-order valence-electron chi connectivity index (χ4n) is 6.60. The molecule has 0 bridgehead atoms. The van der Waals surface area contributed by atoms with Crippen molar-refractivity contribution >= 4 is 70.3 Å². The summed E-state index contributed by atoms with van der Waals surface area (Å²) < 4.78 is 21.5. The fourth-order valence-corrected chi connectivity index (χ4v) is 6.60. The molecule has 23 heteroatoms. The minimum atomic E-state index is -1.08. The number of imide groups is 1. The summed E-state index contributed by atoms with van der Waals surface area (Å²) in [4.78, 5) is 127. The van der Waals surface area contributed by atoms with Crippen molar-refractivity contribution in [1.29, 1.82) is 0 Å². The molecule has 10 amide bonds. The molecule has 2 heterocycles. The molecule has 0 saturated heterocycles. The van der Waals surface area contributed by atoms with Crippen molar-refractivity contribution in [2.45, 2.75) is 71.1 Å². The van der Waals surface area contributed by atoms with E-state index in [0.717, 1.165) is 4.90 Å². The Morgan fingerprint density at radius 1 is 0.743 bits per heavy atom. The van der Waals surface area contributed by atoms with Gasteiger partial charge in [-0.2, -0.15) is 0 Å². The predicted molar refractivity (Wildman–Crippen MR) is 253 cm³/mol. The Hall–Kier alpha value is -7.82. The maximum Gasteiger partial charge on any atom is 0.415 e. The minimum Gasteiger partial charge on any atom is -0.445 e. The number of fused-ring (bicyclic) bond motifs is 1. The first-order chi connectivity index (χ1) is 33.4. The minimum absolute atomic E-state index is 0.0365. The van der Waals surface area contributed by atoms with Crippen LogP contribution < -0.4 is 42.7 Å². The monoisotopic (exact) mass is 975 g/mol. The zero-order valence-corrected chi connectivity index (χ0v) is 39.6. The summed E-state index contributed by atoms with van der Waals surface area (Å²) in [6.07, 6.45) is 2.22. The average Bonchev–Trinajstić information content (AvgIpc) is 3.64. The fraction of sp³-hybridized carbons (Fsp3) is 0.447. The summed E-state index contributed by atoms with van der Waals surface area (Å²) in [6, 6.07) is 11.2. The third-order valence-corrected chi connectivity index (χ3v) is 10.6. The maximum absolute atomic E-state index is 13.6. The summed E-state index contributed by atoms with van der Waals surface area (Å²) in [5, 5.41) is 14.0. The summed E-state index contributed by atoms with van der Waals surface area (Å²) in [6.45, 7) is 4.51. The highest BCUT2D eigenvalue weighted by Crippen LogP contribution is 2.20. The van der Waals surface area contributed by atoms with E-state index in [-0.39, 0.29) is 101 Å². The average molecular weight is 976 g/mol. The summed E-state index contributed by atoms with van der Waals surface area (Å²) in [5.41, 5.74) is 5.88. The molecule has 1 unspecified atom stereocenters. The molecular weight excluding hydrogens is 915 g/mol. The van der Waals surface area contributed by atoms with Crippen LogP contribution >= 0.6 is 0 Å². The van der Waals surface area contributed by atoms with E-state index in [0.29, 0.717) is 29.5 Å². The molecule has 0 spiro atoms. The van der Waals surface area contributed by atoms with Crippen LogP contribution in [0.5, 0.6) is 5.75 Å². The van der Waals surface area contributed by atoms with Gasteiger partial charge in [-0.15, -0.1) is 0 Å². The number of urea groups is 1. The quantitative estimate of drug-likeness (QED) is 0.0363. The number of rotatable bonds is 27. The van der Waals surface area contributed by atoms with Crippen molar-refractivity contribution in [3.63, 3.8) is 0 Å². The predicted octanol–water partition coefficient (Wildman–Crippen LogP) is 2.12. The smallest absolute Gasteiger partial charge is 0.415 e. The number of nitrogens with zero attached hydrogens (tertiary/aromatic N) is 3. The number of nitrogens with one attached hydrogen (secondary N) is 5. The van der Waals surface area contributed by atoms with Crippen LogP contribution in [0.4, 0.5) is 20.1 Å². The number of amides is 10. The maximum atomic E-state index is 13.6. The Labute approximate surface area is 403 Å². The number of carbonyl (C=O) groups excluding carboxylic acids is 9. The van der Waals surface area contributed by atoms with Gasteiger partial charge in [0.15, 0.2) is 0 Å². The van der Waals surface area contributed by atoms with Crippen LogP contribution in [0.2, 0.25) is 0 Å². The Bertz CT molecular complexity index is 2410. The van der Waals surface area contributed by atoms with Crippen molar-refractivity contribution in [1.82, 2.24) is 36.0 Å².